The van der Waals surface area contributed by atoms with Crippen molar-refractivity contribution in [3.63, 3.8) is 0 Å². The number of allylic oxidation sites excluding steroid dienone is 2. The summed E-state index contributed by atoms with van der Waals surface area (Å²) in [4.78, 5) is 0. The lowest BCUT2D eigenvalue weighted by Gasteiger charge is -2.18. The first-order valence-corrected chi connectivity index (χ1v) is 17.8. The molecule has 0 aliphatic rings. The van der Waals surface area contributed by atoms with Crippen molar-refractivity contribution in [1.82, 2.24) is 0 Å². The summed E-state index contributed by atoms with van der Waals surface area (Å²) in [5.74, 6) is 0. The van der Waals surface area contributed by atoms with E-state index in [1.807, 2.05) is 6.08 Å². The summed E-state index contributed by atoms with van der Waals surface area (Å²) in [6.07, 6.45) is 20.5. The fourth-order valence-electron chi connectivity index (χ4n) is 6.59. The quantitative estimate of drug-likeness (QED) is 0.0960. The standard InChI is InChI=1S/C51H46/c1-6-7-11-24-44-31-37(2)50(35-46(44)29-26-42-20-14-9-15-21-42)48-33-40(5)49(34-39(48)4)51-36-47(30-27-43-22-16-10-17-23-43)45(32-38(51)3)28-25-41-18-12-8-13-19-41/h6,8-36H,1,7H2,2-5H3/b24-11+,28-25+,29-26+,30-27+. The predicted molar refractivity (Wildman–Crippen MR) is 226 cm³/mol. The second kappa shape index (κ2) is 16.6. The van der Waals surface area contributed by atoms with Crippen LogP contribution in [-0.4, -0.2) is 0 Å². The van der Waals surface area contributed by atoms with Gasteiger partial charge in [0.25, 0.3) is 0 Å². The molecule has 0 saturated carbocycles. The van der Waals surface area contributed by atoms with Crippen molar-refractivity contribution in [3.05, 3.63) is 207 Å². The van der Waals surface area contributed by atoms with Gasteiger partial charge in [0.05, 0.1) is 0 Å². The molecule has 0 unspecified atom stereocenters. The maximum atomic E-state index is 3.89. The molecule has 0 amide bonds. The van der Waals surface area contributed by atoms with E-state index in [2.05, 4.69) is 210 Å². The van der Waals surface area contributed by atoms with Gasteiger partial charge in [0, 0.05) is 0 Å². The summed E-state index contributed by atoms with van der Waals surface area (Å²) >= 11 is 0. The van der Waals surface area contributed by atoms with Gasteiger partial charge in [-0.05, 0) is 130 Å². The third-order valence-electron chi connectivity index (χ3n) is 9.38. The minimum Gasteiger partial charge on any atom is -0.103 e. The Morgan fingerprint density at radius 2 is 0.686 bits per heavy atom. The topological polar surface area (TPSA) is 0 Å². The van der Waals surface area contributed by atoms with Crippen molar-refractivity contribution >= 4 is 42.5 Å². The van der Waals surface area contributed by atoms with E-state index in [0.29, 0.717) is 0 Å². The Bertz CT molecular complexity index is 2240. The van der Waals surface area contributed by atoms with Crippen LogP contribution < -0.4 is 0 Å². The van der Waals surface area contributed by atoms with Crippen LogP contribution in [-0.2, 0) is 0 Å². The summed E-state index contributed by atoms with van der Waals surface area (Å²) < 4.78 is 0. The van der Waals surface area contributed by atoms with Crippen molar-refractivity contribution in [2.75, 3.05) is 0 Å². The molecule has 0 aromatic heterocycles. The average Bonchev–Trinajstić information content (AvgIpc) is 3.15. The summed E-state index contributed by atoms with van der Waals surface area (Å²) in [5.41, 5.74) is 18.5. The maximum absolute atomic E-state index is 3.89. The Balaban J connectivity index is 1.42. The van der Waals surface area contributed by atoms with E-state index in [1.165, 1.54) is 83.5 Å². The van der Waals surface area contributed by atoms with Crippen molar-refractivity contribution in [2.45, 2.75) is 34.1 Å². The lowest BCUT2D eigenvalue weighted by atomic mass is 9.86. The first kappa shape index (κ1) is 34.9. The molecule has 0 heterocycles. The number of hydrogen-bond acceptors (Lipinski definition) is 0. The van der Waals surface area contributed by atoms with Gasteiger partial charge < -0.3 is 0 Å². The van der Waals surface area contributed by atoms with Crippen molar-refractivity contribution in [3.8, 4) is 22.3 Å². The molecule has 0 heteroatoms. The highest BCUT2D eigenvalue weighted by Gasteiger charge is 2.15. The molecule has 0 spiro atoms. The van der Waals surface area contributed by atoms with E-state index in [4.69, 9.17) is 0 Å². The van der Waals surface area contributed by atoms with Crippen LogP contribution in [0.3, 0.4) is 0 Å². The lowest BCUT2D eigenvalue weighted by molar-refractivity contribution is 1.34. The van der Waals surface area contributed by atoms with Gasteiger partial charge in [-0.3, -0.25) is 0 Å². The van der Waals surface area contributed by atoms with Crippen LogP contribution in [0.25, 0.3) is 64.8 Å². The molecule has 0 fully saturated rings. The average molecular weight is 659 g/mol. The third kappa shape index (κ3) is 8.79. The van der Waals surface area contributed by atoms with Gasteiger partial charge in [-0.15, -0.1) is 6.58 Å². The third-order valence-corrected chi connectivity index (χ3v) is 9.38. The number of benzene rings is 6. The van der Waals surface area contributed by atoms with Gasteiger partial charge in [-0.1, -0.05) is 170 Å². The second-order valence-corrected chi connectivity index (χ2v) is 13.2. The van der Waals surface area contributed by atoms with Crippen LogP contribution in [0.4, 0.5) is 0 Å². The van der Waals surface area contributed by atoms with Gasteiger partial charge in [0.2, 0.25) is 0 Å². The minimum absolute atomic E-state index is 0.843. The number of hydrogen-bond donors (Lipinski definition) is 0. The Hall–Kier alpha value is -5.98. The van der Waals surface area contributed by atoms with Crippen molar-refractivity contribution in [1.29, 1.82) is 0 Å². The summed E-state index contributed by atoms with van der Waals surface area (Å²) in [6.45, 7) is 12.8. The summed E-state index contributed by atoms with van der Waals surface area (Å²) in [5, 5.41) is 0. The fraction of sp³-hybridized carbons (Fsp3) is 0.0980. The molecule has 6 aromatic carbocycles. The Morgan fingerprint density at radius 1 is 0.373 bits per heavy atom. The molecule has 6 rings (SSSR count). The molecule has 0 nitrogen and oxygen atoms in total. The highest BCUT2D eigenvalue weighted by molar-refractivity contribution is 5.87. The van der Waals surface area contributed by atoms with Gasteiger partial charge in [0.1, 0.15) is 0 Å². The molecule has 0 aliphatic heterocycles. The molecule has 250 valence electrons. The highest BCUT2D eigenvalue weighted by Crippen LogP contribution is 2.37. The van der Waals surface area contributed by atoms with E-state index >= 15 is 0 Å². The normalized spacial score (nSPS) is 11.8. The van der Waals surface area contributed by atoms with Crippen LogP contribution in [0, 0.1) is 27.7 Å². The van der Waals surface area contributed by atoms with Gasteiger partial charge in [-0.25, -0.2) is 0 Å². The first-order chi connectivity index (χ1) is 24.9. The van der Waals surface area contributed by atoms with Crippen molar-refractivity contribution in [2.24, 2.45) is 0 Å². The SMILES string of the molecule is C=CC/C=C/c1cc(C)c(-c2cc(C)c(-c3cc(/C=C/c4ccccc4)c(/C=C/c4ccccc4)cc3C)cc2C)cc1/C=C/c1ccccc1. The van der Waals surface area contributed by atoms with E-state index < -0.39 is 0 Å². The monoisotopic (exact) mass is 658 g/mol. The number of aryl methyl sites for hydroxylation is 4. The van der Waals surface area contributed by atoms with Crippen LogP contribution in [0.1, 0.15) is 67.6 Å². The predicted octanol–water partition coefficient (Wildman–Crippen LogP) is 14.4. The maximum Gasteiger partial charge on any atom is -0.0146 e. The van der Waals surface area contributed by atoms with Crippen molar-refractivity contribution < 1.29 is 0 Å². The second-order valence-electron chi connectivity index (χ2n) is 13.2. The van der Waals surface area contributed by atoms with E-state index in [9.17, 15) is 0 Å². The molecule has 0 radical (unpaired) electrons. The Labute approximate surface area is 305 Å². The molecule has 0 aliphatic carbocycles. The Morgan fingerprint density at radius 3 is 1.06 bits per heavy atom. The zero-order chi connectivity index (χ0) is 35.6. The zero-order valence-corrected chi connectivity index (χ0v) is 30.2. The first-order valence-electron chi connectivity index (χ1n) is 17.8. The molecule has 0 N–H and O–H groups in total. The fourth-order valence-corrected chi connectivity index (χ4v) is 6.59. The van der Waals surface area contributed by atoms with Gasteiger partial charge in [-0.2, -0.15) is 0 Å². The van der Waals surface area contributed by atoms with Crippen LogP contribution in [0.15, 0.2) is 146 Å². The number of rotatable bonds is 11. The Kier molecular flexibility index (Phi) is 11.4. The van der Waals surface area contributed by atoms with E-state index in [1.54, 1.807) is 0 Å². The molecule has 51 heavy (non-hydrogen) atoms. The molecular formula is C51H46. The van der Waals surface area contributed by atoms with Crippen LogP contribution >= 0.6 is 0 Å². The highest BCUT2D eigenvalue weighted by atomic mass is 14.2. The zero-order valence-electron chi connectivity index (χ0n) is 30.2. The molecule has 0 atom stereocenters. The van der Waals surface area contributed by atoms with Gasteiger partial charge in [0.15, 0.2) is 0 Å². The molecule has 6 aromatic rings. The largest absolute Gasteiger partial charge is 0.103 e. The summed E-state index contributed by atoms with van der Waals surface area (Å²) in [6, 6.07) is 45.7. The smallest absolute Gasteiger partial charge is 0.0146 e. The van der Waals surface area contributed by atoms with Crippen LogP contribution in [0.2, 0.25) is 0 Å². The summed E-state index contributed by atoms with van der Waals surface area (Å²) in [7, 11) is 0. The molecule has 0 saturated heterocycles. The van der Waals surface area contributed by atoms with E-state index in [0.717, 1.165) is 6.42 Å². The molecular weight excluding hydrogens is 613 g/mol. The lowest BCUT2D eigenvalue weighted by Crippen LogP contribution is -1.96. The van der Waals surface area contributed by atoms with E-state index in [-0.39, 0.29) is 0 Å². The minimum atomic E-state index is 0.843. The van der Waals surface area contributed by atoms with Crippen LogP contribution in [0.5, 0.6) is 0 Å². The molecule has 0 bridgehead atoms. The van der Waals surface area contributed by atoms with Gasteiger partial charge >= 0.3 is 0 Å².